The molecule has 0 unspecified atom stereocenters. The van der Waals surface area contributed by atoms with Crippen LogP contribution in [-0.4, -0.2) is 10.8 Å². The van der Waals surface area contributed by atoms with E-state index in [0.717, 1.165) is 23.5 Å². The third-order valence-electron chi connectivity index (χ3n) is 2.11. The Morgan fingerprint density at radius 2 is 1.88 bits per heavy atom. The normalized spacial score (nSPS) is 10.8. The van der Waals surface area contributed by atoms with Crippen LogP contribution >= 0.6 is 11.3 Å². The number of alkyl halides is 2. The number of hydrogen-bond acceptors (Lipinski definition) is 3. The second-order valence-electron chi connectivity index (χ2n) is 3.20. The summed E-state index contributed by atoms with van der Waals surface area (Å²) in [6.45, 7) is 0. The smallest absolute Gasteiger partial charge is 0.281 e. The maximum Gasteiger partial charge on any atom is 0.281 e. The molecule has 1 heterocycles. The maximum atomic E-state index is 12.7. The first-order valence-corrected chi connectivity index (χ1v) is 5.49. The predicted octanol–water partition coefficient (Wildman–Crippen LogP) is 3.45. The first kappa shape index (κ1) is 11.8. The van der Waals surface area contributed by atoms with Crippen LogP contribution in [0.4, 0.5) is 13.2 Å². The van der Waals surface area contributed by atoms with E-state index >= 15 is 0 Å². The van der Waals surface area contributed by atoms with E-state index in [9.17, 15) is 18.0 Å². The molecule has 0 spiro atoms. The number of rotatable bonds is 3. The van der Waals surface area contributed by atoms with Gasteiger partial charge in [0.15, 0.2) is 0 Å². The number of carbonyl (C=O) groups excluding carboxylic acids is 1. The molecule has 0 aliphatic rings. The van der Waals surface area contributed by atoms with Crippen molar-refractivity contribution in [2.45, 2.75) is 6.43 Å². The molecule has 6 heteroatoms. The van der Waals surface area contributed by atoms with Gasteiger partial charge in [-0.3, -0.25) is 4.79 Å². The van der Waals surface area contributed by atoms with Crippen LogP contribution in [0.15, 0.2) is 29.8 Å². The molecule has 0 saturated heterocycles. The Morgan fingerprint density at radius 1 is 1.24 bits per heavy atom. The van der Waals surface area contributed by atoms with E-state index in [0.29, 0.717) is 0 Å². The second-order valence-corrected chi connectivity index (χ2v) is 4.06. The fourth-order valence-corrected chi connectivity index (χ4v) is 2.07. The average Bonchev–Trinajstić information content (AvgIpc) is 2.78. The molecule has 0 atom stereocenters. The number of benzene rings is 1. The molecular weight excluding hydrogens is 251 g/mol. The highest BCUT2D eigenvalue weighted by atomic mass is 32.1. The minimum atomic E-state index is -2.79. The first-order valence-electron chi connectivity index (χ1n) is 4.61. The minimum absolute atomic E-state index is 0.105. The monoisotopic (exact) mass is 257 g/mol. The van der Waals surface area contributed by atoms with Gasteiger partial charge in [0, 0.05) is 5.56 Å². The van der Waals surface area contributed by atoms with E-state index in [1.54, 1.807) is 0 Å². The van der Waals surface area contributed by atoms with Gasteiger partial charge in [-0.2, -0.15) is 0 Å². The van der Waals surface area contributed by atoms with E-state index in [4.69, 9.17) is 0 Å². The zero-order valence-electron chi connectivity index (χ0n) is 8.36. The van der Waals surface area contributed by atoms with Gasteiger partial charge in [-0.15, -0.1) is 11.3 Å². The summed E-state index contributed by atoms with van der Waals surface area (Å²) in [4.78, 5) is 15.2. The van der Waals surface area contributed by atoms with Gasteiger partial charge >= 0.3 is 0 Å². The SMILES string of the molecule is O=C(c1ccc(F)cc1)c1scnc1C(F)F. The van der Waals surface area contributed by atoms with Crippen LogP contribution in [-0.2, 0) is 0 Å². The summed E-state index contributed by atoms with van der Waals surface area (Å²) in [5, 5.41) is 0. The first-order chi connectivity index (χ1) is 8.09. The van der Waals surface area contributed by atoms with Crippen molar-refractivity contribution in [3.8, 4) is 0 Å². The van der Waals surface area contributed by atoms with E-state index in [1.807, 2.05) is 0 Å². The van der Waals surface area contributed by atoms with E-state index in [-0.39, 0.29) is 10.4 Å². The topological polar surface area (TPSA) is 30.0 Å². The van der Waals surface area contributed by atoms with Crippen molar-refractivity contribution >= 4 is 17.1 Å². The number of hydrogen-bond donors (Lipinski definition) is 0. The zero-order chi connectivity index (χ0) is 12.4. The van der Waals surface area contributed by atoms with Crippen molar-refractivity contribution in [1.82, 2.24) is 4.98 Å². The zero-order valence-corrected chi connectivity index (χ0v) is 9.18. The lowest BCUT2D eigenvalue weighted by atomic mass is 10.1. The number of halogens is 3. The van der Waals surface area contributed by atoms with E-state index in [2.05, 4.69) is 4.98 Å². The van der Waals surface area contributed by atoms with Gasteiger partial charge in [0.1, 0.15) is 16.4 Å². The van der Waals surface area contributed by atoms with Gasteiger partial charge in [0.2, 0.25) is 5.78 Å². The molecule has 0 radical (unpaired) electrons. The maximum absolute atomic E-state index is 12.7. The van der Waals surface area contributed by atoms with Crippen molar-refractivity contribution in [3.05, 3.63) is 51.7 Å². The third kappa shape index (κ3) is 2.36. The number of nitrogens with zero attached hydrogens (tertiary/aromatic N) is 1. The Bertz CT molecular complexity index is 536. The lowest BCUT2D eigenvalue weighted by molar-refractivity contribution is 0.102. The standard InChI is InChI=1S/C11H6F3NOS/c12-7-3-1-6(2-4-7)9(16)10-8(11(13)14)15-5-17-10/h1-5,11H. The van der Waals surface area contributed by atoms with Crippen LogP contribution in [0.25, 0.3) is 0 Å². The number of carbonyl (C=O) groups is 1. The van der Waals surface area contributed by atoms with Crippen molar-refractivity contribution in [3.63, 3.8) is 0 Å². The Kier molecular flexibility index (Phi) is 3.23. The van der Waals surface area contributed by atoms with Crippen LogP contribution in [0, 0.1) is 5.82 Å². The number of thiazole rings is 1. The molecule has 17 heavy (non-hydrogen) atoms. The fourth-order valence-electron chi connectivity index (χ4n) is 1.31. The molecular formula is C11H6F3NOS. The molecule has 2 rings (SSSR count). The van der Waals surface area contributed by atoms with Crippen LogP contribution in [0.1, 0.15) is 27.4 Å². The van der Waals surface area contributed by atoms with Crippen molar-refractivity contribution < 1.29 is 18.0 Å². The van der Waals surface area contributed by atoms with Crippen molar-refractivity contribution in [2.24, 2.45) is 0 Å². The van der Waals surface area contributed by atoms with E-state index < -0.39 is 23.7 Å². The molecule has 88 valence electrons. The van der Waals surface area contributed by atoms with Gasteiger partial charge in [0.05, 0.1) is 5.51 Å². The summed E-state index contributed by atoms with van der Waals surface area (Å²) in [6.07, 6.45) is -2.79. The number of ketones is 1. The van der Waals surface area contributed by atoms with Gasteiger partial charge in [-0.25, -0.2) is 18.2 Å². The summed E-state index contributed by atoms with van der Waals surface area (Å²) in [6, 6.07) is 4.73. The molecule has 1 aromatic carbocycles. The quantitative estimate of drug-likeness (QED) is 0.788. The highest BCUT2D eigenvalue weighted by molar-refractivity contribution is 7.12. The third-order valence-corrected chi connectivity index (χ3v) is 2.96. The van der Waals surface area contributed by atoms with Crippen molar-refractivity contribution in [2.75, 3.05) is 0 Å². The van der Waals surface area contributed by atoms with Crippen LogP contribution in [0.5, 0.6) is 0 Å². The van der Waals surface area contributed by atoms with Crippen LogP contribution < -0.4 is 0 Å². The van der Waals surface area contributed by atoms with Crippen LogP contribution in [0.2, 0.25) is 0 Å². The summed E-state index contributed by atoms with van der Waals surface area (Å²) < 4.78 is 37.7. The van der Waals surface area contributed by atoms with Gasteiger partial charge in [-0.1, -0.05) is 0 Å². The lowest BCUT2D eigenvalue weighted by Gasteiger charge is -2.01. The number of aromatic nitrogens is 1. The molecule has 0 N–H and O–H groups in total. The molecule has 0 amide bonds. The summed E-state index contributed by atoms with van der Waals surface area (Å²) in [7, 11) is 0. The molecule has 0 aliphatic carbocycles. The largest absolute Gasteiger partial charge is 0.288 e. The Balaban J connectivity index is 2.37. The summed E-state index contributed by atoms with van der Waals surface area (Å²) in [5.41, 5.74) is 0.833. The molecule has 0 bridgehead atoms. The molecule has 0 saturated carbocycles. The molecule has 2 nitrogen and oxygen atoms in total. The van der Waals surface area contributed by atoms with Gasteiger partial charge < -0.3 is 0 Å². The van der Waals surface area contributed by atoms with Gasteiger partial charge in [-0.05, 0) is 24.3 Å². The minimum Gasteiger partial charge on any atom is -0.288 e. The Hall–Kier alpha value is -1.69. The van der Waals surface area contributed by atoms with Crippen molar-refractivity contribution in [1.29, 1.82) is 0 Å². The average molecular weight is 257 g/mol. The lowest BCUT2D eigenvalue weighted by Crippen LogP contribution is -2.03. The highest BCUT2D eigenvalue weighted by Crippen LogP contribution is 2.26. The molecule has 0 aliphatic heterocycles. The molecule has 1 aromatic heterocycles. The molecule has 2 aromatic rings. The Morgan fingerprint density at radius 3 is 2.47 bits per heavy atom. The van der Waals surface area contributed by atoms with Gasteiger partial charge in [0.25, 0.3) is 6.43 Å². The predicted molar refractivity (Wildman–Crippen MR) is 56.9 cm³/mol. The molecule has 0 fully saturated rings. The Labute approximate surface area is 98.7 Å². The fraction of sp³-hybridized carbons (Fsp3) is 0.0909. The van der Waals surface area contributed by atoms with E-state index in [1.165, 1.54) is 17.6 Å². The second kappa shape index (κ2) is 4.67. The summed E-state index contributed by atoms with van der Waals surface area (Å²) >= 11 is 0.851. The highest BCUT2D eigenvalue weighted by Gasteiger charge is 2.22. The van der Waals surface area contributed by atoms with Crippen LogP contribution in [0.3, 0.4) is 0 Å². The summed E-state index contributed by atoms with van der Waals surface area (Å²) in [5.74, 6) is -1.05.